The van der Waals surface area contributed by atoms with Crippen LogP contribution in [0.4, 0.5) is 13.2 Å². The maximum atomic E-state index is 12.6. The Kier molecular flexibility index (Phi) is 4.26. The molecule has 0 aliphatic rings. The molecule has 0 saturated heterocycles. The summed E-state index contributed by atoms with van der Waals surface area (Å²) in [6, 6.07) is 2.99. The van der Waals surface area contributed by atoms with Crippen molar-refractivity contribution < 1.29 is 13.2 Å². The van der Waals surface area contributed by atoms with Gasteiger partial charge in [0, 0.05) is 5.88 Å². The Morgan fingerprint density at radius 2 is 1.36 bits per heavy atom. The van der Waals surface area contributed by atoms with Crippen molar-refractivity contribution >= 4 is 11.6 Å². The fraction of sp³-hybridized carbons (Fsp3) is 0.400. The first kappa shape index (κ1) is 11.4. The third-order valence-corrected chi connectivity index (χ3v) is 2.47. The van der Waals surface area contributed by atoms with E-state index in [2.05, 4.69) is 0 Å². The first-order chi connectivity index (χ1) is 6.78. The molecule has 0 unspecified atom stereocenters. The van der Waals surface area contributed by atoms with Crippen LogP contribution in [0.1, 0.15) is 22.3 Å². The van der Waals surface area contributed by atoms with Crippen molar-refractivity contribution in [2.45, 2.75) is 25.9 Å². The van der Waals surface area contributed by atoms with E-state index >= 15 is 0 Å². The van der Waals surface area contributed by atoms with E-state index in [0.29, 0.717) is 5.56 Å². The number of rotatable bonds is 4. The summed E-state index contributed by atoms with van der Waals surface area (Å²) in [7, 11) is 0. The van der Waals surface area contributed by atoms with Crippen molar-refractivity contribution in [1.29, 1.82) is 0 Å². The summed E-state index contributed by atoms with van der Waals surface area (Å²) in [6.07, 6.45) is 0. The molecule has 0 aromatic heterocycles. The van der Waals surface area contributed by atoms with Crippen LogP contribution in [0.15, 0.2) is 12.1 Å². The summed E-state index contributed by atoms with van der Waals surface area (Å²) in [5.74, 6) is 0.110. The van der Waals surface area contributed by atoms with Crippen molar-refractivity contribution in [2.24, 2.45) is 0 Å². The van der Waals surface area contributed by atoms with Crippen LogP contribution in [0.2, 0.25) is 0 Å². The third kappa shape index (κ3) is 2.03. The predicted molar refractivity (Wildman–Crippen MR) is 50.4 cm³/mol. The van der Waals surface area contributed by atoms with Gasteiger partial charge in [-0.15, -0.1) is 11.6 Å². The van der Waals surface area contributed by atoms with Crippen LogP contribution < -0.4 is 0 Å². The normalized spacial score (nSPS) is 10.6. The van der Waals surface area contributed by atoms with Crippen molar-refractivity contribution in [3.05, 3.63) is 34.4 Å². The fourth-order valence-corrected chi connectivity index (χ4v) is 1.62. The summed E-state index contributed by atoms with van der Waals surface area (Å²) < 4.78 is 37.6. The molecule has 78 valence electrons. The lowest BCUT2D eigenvalue weighted by Gasteiger charge is -2.11. The molecule has 14 heavy (non-hydrogen) atoms. The van der Waals surface area contributed by atoms with Gasteiger partial charge in [-0.3, -0.25) is 0 Å². The van der Waals surface area contributed by atoms with E-state index < -0.39 is 20.0 Å². The Morgan fingerprint density at radius 3 is 1.79 bits per heavy atom. The van der Waals surface area contributed by atoms with E-state index in [1.165, 1.54) is 12.1 Å². The molecule has 1 aromatic rings. The molecule has 0 saturated carbocycles. The van der Waals surface area contributed by atoms with E-state index in [1.807, 2.05) is 0 Å². The van der Waals surface area contributed by atoms with Gasteiger partial charge in [-0.2, -0.15) is 0 Å². The topological polar surface area (TPSA) is 0 Å². The lowest BCUT2D eigenvalue weighted by atomic mass is 9.98. The summed E-state index contributed by atoms with van der Waals surface area (Å²) >= 11 is 5.55. The van der Waals surface area contributed by atoms with Crippen molar-refractivity contribution in [2.75, 3.05) is 0 Å². The van der Waals surface area contributed by atoms with Crippen LogP contribution >= 0.6 is 11.6 Å². The molecule has 1 rings (SSSR count). The molecular weight excluding hydrogens is 213 g/mol. The zero-order valence-corrected chi connectivity index (χ0v) is 8.25. The minimum atomic E-state index is -0.858. The van der Waals surface area contributed by atoms with Crippen molar-refractivity contribution in [1.82, 2.24) is 0 Å². The Morgan fingerprint density at radius 1 is 0.857 bits per heavy atom. The Balaban J connectivity index is 3.28. The molecular formula is C10H10ClF3. The highest BCUT2D eigenvalue weighted by molar-refractivity contribution is 6.17. The second-order valence-electron chi connectivity index (χ2n) is 2.88. The molecule has 4 heteroatoms. The number of alkyl halides is 4. The Bertz CT molecular complexity index is 281. The van der Waals surface area contributed by atoms with Gasteiger partial charge in [0.1, 0.15) is 20.0 Å². The minimum absolute atomic E-state index is 0.105. The fourth-order valence-electron chi connectivity index (χ4n) is 1.37. The summed E-state index contributed by atoms with van der Waals surface area (Å²) in [5, 5.41) is 0. The zero-order valence-electron chi connectivity index (χ0n) is 7.49. The second kappa shape index (κ2) is 5.25. The van der Waals surface area contributed by atoms with E-state index in [0.717, 1.165) is 0 Å². The molecule has 0 bridgehead atoms. The lowest BCUT2D eigenvalue weighted by Crippen LogP contribution is -2.00. The molecule has 0 radical (unpaired) electrons. The van der Waals surface area contributed by atoms with Gasteiger partial charge in [-0.05, 0) is 22.3 Å². The highest BCUT2D eigenvalue weighted by atomic mass is 35.5. The van der Waals surface area contributed by atoms with Crippen LogP contribution in [0.5, 0.6) is 0 Å². The molecule has 0 aliphatic heterocycles. The largest absolute Gasteiger partial charge is 0.246 e. The van der Waals surface area contributed by atoms with Crippen LogP contribution in [-0.2, 0) is 25.9 Å². The smallest absolute Gasteiger partial charge is 0.115 e. The number of halogens is 4. The van der Waals surface area contributed by atoms with Gasteiger partial charge in [-0.25, -0.2) is 13.2 Å². The maximum Gasteiger partial charge on any atom is 0.115 e. The monoisotopic (exact) mass is 222 g/mol. The van der Waals surface area contributed by atoms with E-state index in [1.54, 1.807) is 0 Å². The Hall–Kier alpha value is -0.700. The number of hydrogen-bond acceptors (Lipinski definition) is 0. The summed E-state index contributed by atoms with van der Waals surface area (Å²) in [6.45, 7) is -2.45. The van der Waals surface area contributed by atoms with Gasteiger partial charge in [0.25, 0.3) is 0 Å². The van der Waals surface area contributed by atoms with E-state index in [-0.39, 0.29) is 22.6 Å². The van der Waals surface area contributed by atoms with Crippen molar-refractivity contribution in [3.63, 3.8) is 0 Å². The van der Waals surface area contributed by atoms with Crippen molar-refractivity contribution in [3.8, 4) is 0 Å². The first-order valence-corrected chi connectivity index (χ1v) is 4.68. The average Bonchev–Trinajstić information content (AvgIpc) is 2.26. The van der Waals surface area contributed by atoms with Gasteiger partial charge in [-0.1, -0.05) is 12.1 Å². The minimum Gasteiger partial charge on any atom is -0.246 e. The zero-order chi connectivity index (χ0) is 10.6. The lowest BCUT2D eigenvalue weighted by molar-refractivity contribution is 0.435. The van der Waals surface area contributed by atoms with Gasteiger partial charge >= 0.3 is 0 Å². The molecule has 0 nitrogen and oxygen atoms in total. The van der Waals surface area contributed by atoms with Crippen LogP contribution in [0, 0.1) is 0 Å². The summed E-state index contributed by atoms with van der Waals surface area (Å²) in [4.78, 5) is 0. The van der Waals surface area contributed by atoms with E-state index in [4.69, 9.17) is 11.6 Å². The van der Waals surface area contributed by atoms with Gasteiger partial charge < -0.3 is 0 Å². The Labute approximate surface area is 85.7 Å². The highest BCUT2D eigenvalue weighted by Crippen LogP contribution is 2.24. The van der Waals surface area contributed by atoms with Crippen LogP contribution in [0.25, 0.3) is 0 Å². The molecule has 0 fully saturated rings. The molecule has 0 N–H and O–H groups in total. The molecule has 0 amide bonds. The number of benzene rings is 1. The van der Waals surface area contributed by atoms with Crippen LogP contribution in [-0.4, -0.2) is 0 Å². The second-order valence-corrected chi connectivity index (χ2v) is 3.14. The van der Waals surface area contributed by atoms with Gasteiger partial charge in [0.2, 0.25) is 0 Å². The van der Waals surface area contributed by atoms with Crippen LogP contribution in [0.3, 0.4) is 0 Å². The van der Waals surface area contributed by atoms with Gasteiger partial charge in [0.15, 0.2) is 0 Å². The average molecular weight is 223 g/mol. The maximum absolute atomic E-state index is 12.6. The molecule has 0 aliphatic carbocycles. The number of hydrogen-bond donors (Lipinski definition) is 0. The first-order valence-electron chi connectivity index (χ1n) is 4.14. The molecule has 1 aromatic carbocycles. The molecule has 0 atom stereocenters. The summed E-state index contributed by atoms with van der Waals surface area (Å²) in [5.41, 5.74) is 1.03. The third-order valence-electron chi connectivity index (χ3n) is 2.18. The quantitative estimate of drug-likeness (QED) is 0.679. The predicted octanol–water partition coefficient (Wildman–Crippen LogP) is 3.83. The molecule has 0 spiro atoms. The standard InChI is InChI=1S/C10H10ClF3/c11-3-7-1-2-8(4-12)10(6-14)9(7)5-13/h1-2H,3-6H2. The highest BCUT2D eigenvalue weighted by Gasteiger charge is 2.12. The van der Waals surface area contributed by atoms with E-state index in [9.17, 15) is 13.2 Å². The SMILES string of the molecule is FCc1ccc(CCl)c(CF)c1CF. The van der Waals surface area contributed by atoms with Gasteiger partial charge in [0.05, 0.1) is 0 Å². The molecule has 0 heterocycles.